The molecule has 0 fully saturated rings. The number of rotatable bonds is 4. The van der Waals surface area contributed by atoms with Gasteiger partial charge in [0.1, 0.15) is 0 Å². The van der Waals surface area contributed by atoms with Gasteiger partial charge in [-0.25, -0.2) is 4.21 Å². The van der Waals surface area contributed by atoms with Crippen LogP contribution in [0.3, 0.4) is 0 Å². The zero-order valence-corrected chi connectivity index (χ0v) is 6.78. The standard InChI is InChI=1S/C6H14O2S/c1-6(2)4-3-5-9(7)8/h6H,3-5H2,1-2H3,(H,7,8). The zero-order chi connectivity index (χ0) is 7.28. The SMILES string of the molecule is CC(C)CCCS(=O)O. The Morgan fingerprint density at radius 2 is 2.11 bits per heavy atom. The molecule has 0 aromatic rings. The molecule has 0 spiro atoms. The predicted molar refractivity (Wildman–Crippen MR) is 39.7 cm³/mol. The van der Waals surface area contributed by atoms with Crippen molar-refractivity contribution in [2.75, 3.05) is 5.75 Å². The van der Waals surface area contributed by atoms with Crippen LogP contribution in [0, 0.1) is 5.92 Å². The van der Waals surface area contributed by atoms with E-state index in [9.17, 15) is 4.21 Å². The summed E-state index contributed by atoms with van der Waals surface area (Å²) in [7, 11) is 0. The average molecular weight is 150 g/mol. The van der Waals surface area contributed by atoms with Crippen LogP contribution in [0.2, 0.25) is 0 Å². The molecule has 9 heavy (non-hydrogen) atoms. The highest BCUT2D eigenvalue weighted by molar-refractivity contribution is 7.79. The molecule has 3 heteroatoms. The van der Waals surface area contributed by atoms with E-state index in [-0.39, 0.29) is 0 Å². The Hall–Kier alpha value is 0.110. The Balaban J connectivity index is 3.01. The first-order valence-corrected chi connectivity index (χ1v) is 4.48. The molecule has 56 valence electrons. The maximum absolute atomic E-state index is 10.1. The van der Waals surface area contributed by atoms with Crippen molar-refractivity contribution in [3.63, 3.8) is 0 Å². The van der Waals surface area contributed by atoms with Gasteiger partial charge in [-0.3, -0.25) is 0 Å². The first-order chi connectivity index (χ1) is 4.13. The smallest absolute Gasteiger partial charge is 0.152 e. The molecule has 0 bridgehead atoms. The Morgan fingerprint density at radius 1 is 1.56 bits per heavy atom. The summed E-state index contributed by atoms with van der Waals surface area (Å²) in [5.41, 5.74) is 0. The molecule has 0 saturated heterocycles. The molecule has 0 radical (unpaired) electrons. The third kappa shape index (κ3) is 8.11. The zero-order valence-electron chi connectivity index (χ0n) is 5.96. The Labute approximate surface area is 58.9 Å². The van der Waals surface area contributed by atoms with E-state index in [1.54, 1.807) is 0 Å². The molecule has 0 aliphatic carbocycles. The second kappa shape index (κ2) is 4.94. The highest BCUT2D eigenvalue weighted by Crippen LogP contribution is 2.02. The van der Waals surface area contributed by atoms with Crippen molar-refractivity contribution in [3.05, 3.63) is 0 Å². The van der Waals surface area contributed by atoms with Crippen LogP contribution < -0.4 is 0 Å². The van der Waals surface area contributed by atoms with Gasteiger partial charge in [-0.2, -0.15) is 0 Å². The topological polar surface area (TPSA) is 37.3 Å². The highest BCUT2D eigenvalue weighted by atomic mass is 32.2. The number of hydrogen-bond acceptors (Lipinski definition) is 1. The minimum absolute atomic E-state index is 0.429. The maximum Gasteiger partial charge on any atom is 0.152 e. The minimum Gasteiger partial charge on any atom is -0.306 e. The van der Waals surface area contributed by atoms with Crippen LogP contribution >= 0.6 is 0 Å². The van der Waals surface area contributed by atoms with Gasteiger partial charge in [0.05, 0.1) is 0 Å². The summed E-state index contributed by atoms with van der Waals surface area (Å²) in [6.07, 6.45) is 1.91. The van der Waals surface area contributed by atoms with Gasteiger partial charge < -0.3 is 4.55 Å². The molecule has 0 rings (SSSR count). The number of hydrogen-bond donors (Lipinski definition) is 1. The molecule has 0 saturated carbocycles. The fraction of sp³-hybridized carbons (Fsp3) is 1.00. The van der Waals surface area contributed by atoms with Gasteiger partial charge in [0, 0.05) is 5.75 Å². The van der Waals surface area contributed by atoms with E-state index in [0.29, 0.717) is 11.7 Å². The Kier molecular flexibility index (Phi) is 5.00. The molecule has 1 N–H and O–H groups in total. The van der Waals surface area contributed by atoms with Crippen LogP contribution in [0.5, 0.6) is 0 Å². The molecular weight excluding hydrogens is 136 g/mol. The van der Waals surface area contributed by atoms with Gasteiger partial charge >= 0.3 is 0 Å². The molecule has 1 unspecified atom stereocenters. The predicted octanol–water partition coefficient (Wildman–Crippen LogP) is 1.64. The molecule has 0 aliphatic heterocycles. The van der Waals surface area contributed by atoms with E-state index in [1.165, 1.54) is 0 Å². The van der Waals surface area contributed by atoms with Crippen LogP contribution in [-0.2, 0) is 11.1 Å². The van der Waals surface area contributed by atoms with Crippen molar-refractivity contribution in [2.24, 2.45) is 5.92 Å². The van der Waals surface area contributed by atoms with Crippen LogP contribution in [0.15, 0.2) is 0 Å². The lowest BCUT2D eigenvalue weighted by molar-refractivity contribution is 0.543. The Bertz CT molecular complexity index is 91.1. The van der Waals surface area contributed by atoms with E-state index < -0.39 is 11.1 Å². The van der Waals surface area contributed by atoms with Crippen LogP contribution in [0.1, 0.15) is 26.7 Å². The second-order valence-corrected chi connectivity index (χ2v) is 3.61. The molecule has 0 aliphatic rings. The van der Waals surface area contributed by atoms with Crippen molar-refractivity contribution in [2.45, 2.75) is 26.7 Å². The first-order valence-electron chi connectivity index (χ1n) is 3.20. The van der Waals surface area contributed by atoms with Gasteiger partial charge in [-0.15, -0.1) is 0 Å². The van der Waals surface area contributed by atoms with E-state index in [0.717, 1.165) is 12.8 Å². The van der Waals surface area contributed by atoms with Crippen molar-refractivity contribution in [1.29, 1.82) is 0 Å². The molecule has 0 amide bonds. The lowest BCUT2D eigenvalue weighted by atomic mass is 10.1. The second-order valence-electron chi connectivity index (χ2n) is 2.56. The van der Waals surface area contributed by atoms with E-state index in [4.69, 9.17) is 4.55 Å². The molecule has 2 nitrogen and oxygen atoms in total. The quantitative estimate of drug-likeness (QED) is 0.619. The van der Waals surface area contributed by atoms with Gasteiger partial charge in [0.25, 0.3) is 0 Å². The van der Waals surface area contributed by atoms with Gasteiger partial charge in [-0.1, -0.05) is 20.3 Å². The summed E-state index contributed by atoms with van der Waals surface area (Å²) in [6, 6.07) is 0. The summed E-state index contributed by atoms with van der Waals surface area (Å²) < 4.78 is 18.4. The van der Waals surface area contributed by atoms with Gasteiger partial charge in [0.2, 0.25) is 0 Å². The lowest BCUT2D eigenvalue weighted by Crippen LogP contribution is -1.96. The van der Waals surface area contributed by atoms with Crippen LogP contribution in [0.25, 0.3) is 0 Å². The van der Waals surface area contributed by atoms with Crippen molar-refractivity contribution in [3.8, 4) is 0 Å². The van der Waals surface area contributed by atoms with Crippen molar-refractivity contribution >= 4 is 11.1 Å². The van der Waals surface area contributed by atoms with Crippen LogP contribution in [-0.4, -0.2) is 14.5 Å². The highest BCUT2D eigenvalue weighted by Gasteiger charge is 1.95. The summed E-state index contributed by atoms with van der Waals surface area (Å²) in [5.74, 6) is 1.08. The molecular formula is C6H14O2S. The van der Waals surface area contributed by atoms with E-state index in [2.05, 4.69) is 13.8 Å². The fourth-order valence-electron chi connectivity index (χ4n) is 0.615. The molecule has 0 aromatic heterocycles. The summed E-state index contributed by atoms with van der Waals surface area (Å²) in [6.45, 7) is 4.22. The lowest BCUT2D eigenvalue weighted by Gasteiger charge is -2.00. The van der Waals surface area contributed by atoms with Gasteiger partial charge in [-0.05, 0) is 12.3 Å². The molecule has 0 heterocycles. The largest absolute Gasteiger partial charge is 0.306 e. The van der Waals surface area contributed by atoms with E-state index >= 15 is 0 Å². The van der Waals surface area contributed by atoms with Crippen molar-refractivity contribution in [1.82, 2.24) is 0 Å². The Morgan fingerprint density at radius 3 is 2.44 bits per heavy atom. The van der Waals surface area contributed by atoms with Crippen molar-refractivity contribution < 1.29 is 8.76 Å². The first kappa shape index (κ1) is 9.11. The summed E-state index contributed by atoms with van der Waals surface area (Å²) >= 11 is -1.58. The monoisotopic (exact) mass is 150 g/mol. The normalized spacial score (nSPS) is 14.2. The molecule has 0 aromatic carbocycles. The maximum atomic E-state index is 10.1. The summed E-state index contributed by atoms with van der Waals surface area (Å²) in [5, 5.41) is 0. The fourth-order valence-corrected chi connectivity index (χ4v) is 1.03. The third-order valence-corrected chi connectivity index (χ3v) is 1.74. The van der Waals surface area contributed by atoms with Gasteiger partial charge in [0.15, 0.2) is 11.1 Å². The van der Waals surface area contributed by atoms with Crippen LogP contribution in [0.4, 0.5) is 0 Å². The third-order valence-electron chi connectivity index (χ3n) is 1.10. The minimum atomic E-state index is -1.58. The average Bonchev–Trinajstić information content (AvgIpc) is 1.63. The van der Waals surface area contributed by atoms with E-state index in [1.807, 2.05) is 0 Å². The molecule has 1 atom stereocenters. The summed E-state index contributed by atoms with van der Waals surface area (Å²) in [4.78, 5) is 0.